The first-order chi connectivity index (χ1) is 8.43. The molecule has 0 bridgehead atoms. The van der Waals surface area contributed by atoms with Crippen molar-refractivity contribution < 1.29 is 18.0 Å². The van der Waals surface area contributed by atoms with Gasteiger partial charge in [-0.2, -0.15) is 18.3 Å². The van der Waals surface area contributed by atoms with Gasteiger partial charge in [-0.1, -0.05) is 12.1 Å². The van der Waals surface area contributed by atoms with Gasteiger partial charge in [0.15, 0.2) is 6.29 Å². The number of aromatic nitrogens is 2. The molecule has 0 atom stereocenters. The molecule has 0 aliphatic heterocycles. The van der Waals surface area contributed by atoms with Gasteiger partial charge in [0, 0.05) is 4.47 Å². The minimum absolute atomic E-state index is 0.220. The highest BCUT2D eigenvalue weighted by atomic mass is 79.9. The Balaban J connectivity index is 2.67. The average Bonchev–Trinajstić information content (AvgIpc) is 2.73. The Kier molecular flexibility index (Phi) is 3.25. The Morgan fingerprint density at radius 1 is 1.28 bits per heavy atom. The summed E-state index contributed by atoms with van der Waals surface area (Å²) in [6.45, 7) is 0. The Morgan fingerprint density at radius 3 is 2.50 bits per heavy atom. The molecular formula is C11H6BrF3N2O. The Hall–Kier alpha value is -1.63. The van der Waals surface area contributed by atoms with Crippen LogP contribution in [-0.4, -0.2) is 16.1 Å². The van der Waals surface area contributed by atoms with Crippen molar-refractivity contribution in [1.29, 1.82) is 0 Å². The van der Waals surface area contributed by atoms with Crippen LogP contribution >= 0.6 is 15.9 Å². The van der Waals surface area contributed by atoms with Crippen molar-refractivity contribution in [2.24, 2.45) is 0 Å². The second-order valence-electron chi connectivity index (χ2n) is 3.43. The molecule has 0 radical (unpaired) electrons. The van der Waals surface area contributed by atoms with Crippen molar-refractivity contribution in [3.05, 3.63) is 46.2 Å². The zero-order chi connectivity index (χ0) is 13.3. The second-order valence-corrected chi connectivity index (χ2v) is 4.29. The van der Waals surface area contributed by atoms with Crippen LogP contribution in [-0.2, 0) is 6.18 Å². The summed E-state index contributed by atoms with van der Waals surface area (Å²) in [6.07, 6.45) is -4.30. The number of alkyl halides is 3. The van der Waals surface area contributed by atoms with Gasteiger partial charge in [-0.15, -0.1) is 0 Å². The molecule has 1 heterocycles. The molecule has 2 rings (SSSR count). The molecule has 0 fully saturated rings. The zero-order valence-corrected chi connectivity index (χ0v) is 10.4. The van der Waals surface area contributed by atoms with E-state index in [2.05, 4.69) is 21.0 Å². The number of benzene rings is 1. The molecule has 1 aromatic carbocycles. The van der Waals surface area contributed by atoms with E-state index in [0.717, 1.165) is 0 Å². The standard InChI is InChI=1S/C11H6BrF3N2O/c12-8-3-1-2-4-9(8)17-10(11(13,14)15)5-7(6-18)16-17/h1-6H. The molecule has 0 spiro atoms. The number of rotatable bonds is 2. The third-order valence-electron chi connectivity index (χ3n) is 2.22. The van der Waals surface area contributed by atoms with E-state index in [1.807, 2.05) is 0 Å². The monoisotopic (exact) mass is 318 g/mol. The van der Waals surface area contributed by atoms with Crippen LogP contribution in [0.5, 0.6) is 0 Å². The second kappa shape index (κ2) is 4.56. The summed E-state index contributed by atoms with van der Waals surface area (Å²) in [5.41, 5.74) is -1.03. The van der Waals surface area contributed by atoms with Crippen molar-refractivity contribution in [3.63, 3.8) is 0 Å². The lowest BCUT2D eigenvalue weighted by Gasteiger charge is -2.11. The maximum Gasteiger partial charge on any atom is 0.433 e. The van der Waals surface area contributed by atoms with Crippen LogP contribution < -0.4 is 0 Å². The molecular weight excluding hydrogens is 313 g/mol. The molecule has 0 saturated heterocycles. The Bertz CT molecular complexity index is 592. The van der Waals surface area contributed by atoms with E-state index in [1.165, 1.54) is 6.07 Å². The predicted octanol–water partition coefficient (Wildman–Crippen LogP) is 3.47. The van der Waals surface area contributed by atoms with E-state index in [0.29, 0.717) is 15.2 Å². The summed E-state index contributed by atoms with van der Waals surface area (Å²) in [5.74, 6) is 0. The molecule has 3 nitrogen and oxygen atoms in total. The van der Waals surface area contributed by atoms with E-state index in [9.17, 15) is 18.0 Å². The SMILES string of the molecule is O=Cc1cc(C(F)(F)F)n(-c2ccccc2Br)n1. The molecule has 0 amide bonds. The largest absolute Gasteiger partial charge is 0.433 e. The van der Waals surface area contributed by atoms with Crippen LogP contribution in [0.1, 0.15) is 16.2 Å². The molecule has 7 heteroatoms. The highest BCUT2D eigenvalue weighted by Crippen LogP contribution is 2.33. The van der Waals surface area contributed by atoms with Gasteiger partial charge < -0.3 is 0 Å². The molecule has 0 unspecified atom stereocenters. The minimum atomic E-state index is -4.58. The molecule has 0 aliphatic carbocycles. The van der Waals surface area contributed by atoms with E-state index < -0.39 is 11.9 Å². The zero-order valence-electron chi connectivity index (χ0n) is 8.78. The number of carbonyl (C=O) groups excluding carboxylic acids is 1. The number of halogens is 4. The van der Waals surface area contributed by atoms with Gasteiger partial charge in [-0.25, -0.2) is 4.68 Å². The number of hydrogen-bond donors (Lipinski definition) is 0. The number of para-hydroxylation sites is 1. The fraction of sp³-hybridized carbons (Fsp3) is 0.0909. The van der Waals surface area contributed by atoms with Crippen LogP contribution in [0.3, 0.4) is 0 Å². The quantitative estimate of drug-likeness (QED) is 0.795. The van der Waals surface area contributed by atoms with Crippen molar-refractivity contribution in [2.45, 2.75) is 6.18 Å². The first-order valence-corrected chi connectivity index (χ1v) is 5.60. The Morgan fingerprint density at radius 2 is 1.94 bits per heavy atom. The van der Waals surface area contributed by atoms with Gasteiger partial charge in [-0.05, 0) is 34.1 Å². The summed E-state index contributed by atoms with van der Waals surface area (Å²) >= 11 is 3.15. The smallest absolute Gasteiger partial charge is 0.296 e. The van der Waals surface area contributed by atoms with Crippen LogP contribution in [0.15, 0.2) is 34.8 Å². The third kappa shape index (κ3) is 2.31. The van der Waals surface area contributed by atoms with Gasteiger partial charge in [0.1, 0.15) is 11.4 Å². The summed E-state index contributed by atoms with van der Waals surface area (Å²) in [6, 6.07) is 7.04. The van der Waals surface area contributed by atoms with E-state index in [4.69, 9.17) is 0 Å². The maximum absolute atomic E-state index is 12.8. The predicted molar refractivity (Wildman–Crippen MR) is 61.7 cm³/mol. The van der Waals surface area contributed by atoms with Crippen LogP contribution in [0, 0.1) is 0 Å². The first kappa shape index (κ1) is 12.8. The molecule has 18 heavy (non-hydrogen) atoms. The summed E-state index contributed by atoms with van der Waals surface area (Å²) in [5, 5.41) is 3.62. The molecule has 0 aliphatic rings. The lowest BCUT2D eigenvalue weighted by Crippen LogP contribution is -2.13. The number of carbonyl (C=O) groups is 1. The third-order valence-corrected chi connectivity index (χ3v) is 2.89. The maximum atomic E-state index is 12.8. The average molecular weight is 319 g/mol. The molecule has 0 N–H and O–H groups in total. The molecule has 1 aromatic heterocycles. The molecule has 0 saturated carbocycles. The van der Waals surface area contributed by atoms with E-state index in [1.54, 1.807) is 18.2 Å². The fourth-order valence-corrected chi connectivity index (χ4v) is 1.92. The Labute approximate surface area is 108 Å². The van der Waals surface area contributed by atoms with Gasteiger partial charge in [-0.3, -0.25) is 4.79 Å². The van der Waals surface area contributed by atoms with Gasteiger partial charge in [0.25, 0.3) is 0 Å². The summed E-state index contributed by atoms with van der Waals surface area (Å²) in [4.78, 5) is 10.6. The lowest BCUT2D eigenvalue weighted by atomic mass is 10.3. The highest BCUT2D eigenvalue weighted by molar-refractivity contribution is 9.10. The van der Waals surface area contributed by atoms with E-state index >= 15 is 0 Å². The van der Waals surface area contributed by atoms with Gasteiger partial charge >= 0.3 is 6.18 Å². The topological polar surface area (TPSA) is 34.9 Å². The summed E-state index contributed by atoms with van der Waals surface area (Å²) < 4.78 is 39.6. The highest BCUT2D eigenvalue weighted by Gasteiger charge is 2.36. The lowest BCUT2D eigenvalue weighted by molar-refractivity contribution is -0.142. The van der Waals surface area contributed by atoms with Crippen molar-refractivity contribution >= 4 is 22.2 Å². The number of nitrogens with zero attached hydrogens (tertiary/aromatic N) is 2. The fourth-order valence-electron chi connectivity index (χ4n) is 1.47. The molecule has 94 valence electrons. The van der Waals surface area contributed by atoms with Crippen LogP contribution in [0.4, 0.5) is 13.2 Å². The van der Waals surface area contributed by atoms with E-state index in [-0.39, 0.29) is 17.7 Å². The number of hydrogen-bond acceptors (Lipinski definition) is 2. The minimum Gasteiger partial charge on any atom is -0.296 e. The van der Waals surface area contributed by atoms with Gasteiger partial charge in [0.05, 0.1) is 5.69 Å². The normalized spacial score (nSPS) is 11.6. The van der Waals surface area contributed by atoms with Crippen LogP contribution in [0.2, 0.25) is 0 Å². The first-order valence-electron chi connectivity index (χ1n) is 4.81. The molecule has 2 aromatic rings. The summed E-state index contributed by atoms with van der Waals surface area (Å²) in [7, 11) is 0. The van der Waals surface area contributed by atoms with Crippen molar-refractivity contribution in [2.75, 3.05) is 0 Å². The van der Waals surface area contributed by atoms with Gasteiger partial charge in [0.2, 0.25) is 0 Å². The van der Waals surface area contributed by atoms with Crippen molar-refractivity contribution in [1.82, 2.24) is 9.78 Å². The van der Waals surface area contributed by atoms with Crippen LogP contribution in [0.25, 0.3) is 5.69 Å². The van der Waals surface area contributed by atoms with Crippen molar-refractivity contribution in [3.8, 4) is 5.69 Å². The number of aldehydes is 1.